The lowest BCUT2D eigenvalue weighted by Crippen LogP contribution is -2.50. The molecule has 0 saturated heterocycles. The Morgan fingerprint density at radius 2 is 2.07 bits per heavy atom. The summed E-state index contributed by atoms with van der Waals surface area (Å²) in [6, 6.07) is -0.470. The second-order valence-electron chi connectivity index (χ2n) is 5.58. The zero-order valence-corrected chi connectivity index (χ0v) is 9.79. The number of aliphatic hydroxyl groups excluding tert-OH is 1. The number of carbonyl (C=O) groups excluding carboxylic acids is 1. The molecule has 88 valence electrons. The van der Waals surface area contributed by atoms with Gasteiger partial charge in [0.05, 0.1) is 12.1 Å². The summed E-state index contributed by atoms with van der Waals surface area (Å²) in [7, 11) is 0. The predicted molar refractivity (Wildman–Crippen MR) is 59.2 cm³/mol. The summed E-state index contributed by atoms with van der Waals surface area (Å²) in [6.07, 6.45) is 1.43. The Balaban J connectivity index is 2.24. The highest BCUT2D eigenvalue weighted by atomic mass is 16.3. The third-order valence-corrected chi connectivity index (χ3v) is 2.99. The summed E-state index contributed by atoms with van der Waals surface area (Å²) >= 11 is 0. The molecule has 1 atom stereocenters. The summed E-state index contributed by atoms with van der Waals surface area (Å²) in [5.41, 5.74) is 5.60. The third-order valence-electron chi connectivity index (χ3n) is 2.99. The van der Waals surface area contributed by atoms with E-state index < -0.39 is 6.04 Å². The lowest BCUT2D eigenvalue weighted by Gasteiger charge is -2.32. The van der Waals surface area contributed by atoms with Crippen molar-refractivity contribution in [3.05, 3.63) is 0 Å². The van der Waals surface area contributed by atoms with Crippen molar-refractivity contribution < 1.29 is 9.90 Å². The molecular formula is C11H22N2O2. The first-order valence-electron chi connectivity index (χ1n) is 5.52. The molecule has 1 aliphatic rings. The number of aliphatic hydroxyl groups is 1. The maximum absolute atomic E-state index is 11.6. The van der Waals surface area contributed by atoms with Gasteiger partial charge in [0, 0.05) is 6.54 Å². The van der Waals surface area contributed by atoms with E-state index in [2.05, 4.69) is 5.32 Å². The third kappa shape index (κ3) is 3.47. The molecule has 15 heavy (non-hydrogen) atoms. The molecular weight excluding hydrogens is 192 g/mol. The number of carbonyl (C=O) groups is 1. The molecule has 0 radical (unpaired) electrons. The van der Waals surface area contributed by atoms with E-state index in [0.717, 1.165) is 12.8 Å². The van der Waals surface area contributed by atoms with Crippen LogP contribution in [0.4, 0.5) is 0 Å². The summed E-state index contributed by atoms with van der Waals surface area (Å²) in [5, 5.41) is 11.9. The maximum Gasteiger partial charge on any atom is 0.237 e. The second-order valence-corrected chi connectivity index (χ2v) is 5.58. The maximum atomic E-state index is 11.6. The van der Waals surface area contributed by atoms with E-state index in [1.165, 1.54) is 0 Å². The van der Waals surface area contributed by atoms with E-state index in [-0.39, 0.29) is 17.4 Å². The molecule has 1 fully saturated rings. The van der Waals surface area contributed by atoms with Crippen LogP contribution in [0.5, 0.6) is 0 Å². The van der Waals surface area contributed by atoms with Crippen LogP contribution >= 0.6 is 0 Å². The van der Waals surface area contributed by atoms with E-state index in [4.69, 9.17) is 10.8 Å². The quantitative estimate of drug-likeness (QED) is 0.630. The molecule has 4 heteroatoms. The van der Waals surface area contributed by atoms with Crippen LogP contribution in [0.15, 0.2) is 0 Å². The van der Waals surface area contributed by atoms with Crippen molar-refractivity contribution in [1.29, 1.82) is 0 Å². The normalized spacial score (nSPS) is 28.1. The number of nitrogens with one attached hydrogen (secondary N) is 1. The van der Waals surface area contributed by atoms with Crippen LogP contribution in [-0.4, -0.2) is 29.7 Å². The van der Waals surface area contributed by atoms with Gasteiger partial charge in [-0.15, -0.1) is 0 Å². The molecule has 0 aromatic heterocycles. The van der Waals surface area contributed by atoms with Crippen molar-refractivity contribution >= 4 is 5.91 Å². The van der Waals surface area contributed by atoms with Crippen molar-refractivity contribution in [3.8, 4) is 0 Å². The van der Waals surface area contributed by atoms with Gasteiger partial charge in [-0.3, -0.25) is 4.79 Å². The van der Waals surface area contributed by atoms with Crippen molar-refractivity contribution in [1.82, 2.24) is 5.32 Å². The molecule has 1 unspecified atom stereocenters. The minimum atomic E-state index is -0.470. The lowest BCUT2D eigenvalue weighted by molar-refractivity contribution is -0.125. The van der Waals surface area contributed by atoms with Crippen molar-refractivity contribution in [3.63, 3.8) is 0 Å². The van der Waals surface area contributed by atoms with Crippen LogP contribution in [0.3, 0.4) is 0 Å². The number of rotatable bonds is 3. The summed E-state index contributed by atoms with van der Waals surface area (Å²) in [4.78, 5) is 11.6. The fourth-order valence-corrected chi connectivity index (χ4v) is 1.62. The molecule has 1 rings (SSSR count). The monoisotopic (exact) mass is 214 g/mol. The molecule has 4 N–H and O–H groups in total. The van der Waals surface area contributed by atoms with E-state index in [1.54, 1.807) is 0 Å². The molecule has 1 amide bonds. The molecule has 0 spiro atoms. The minimum Gasteiger partial charge on any atom is -0.393 e. The Morgan fingerprint density at radius 1 is 1.53 bits per heavy atom. The summed E-state index contributed by atoms with van der Waals surface area (Å²) in [5.74, 6) is 0.333. The predicted octanol–water partition coefficient (Wildman–Crippen LogP) is 0.247. The average Bonchev–Trinajstić information content (AvgIpc) is 2.07. The fraction of sp³-hybridized carbons (Fsp3) is 0.909. The lowest BCUT2D eigenvalue weighted by atomic mass is 9.82. The summed E-state index contributed by atoms with van der Waals surface area (Å²) in [6.45, 7) is 6.48. The zero-order valence-electron chi connectivity index (χ0n) is 9.79. The average molecular weight is 214 g/mol. The van der Waals surface area contributed by atoms with E-state index >= 15 is 0 Å². The van der Waals surface area contributed by atoms with E-state index in [0.29, 0.717) is 12.5 Å². The van der Waals surface area contributed by atoms with Crippen LogP contribution in [-0.2, 0) is 4.79 Å². The Morgan fingerprint density at radius 3 is 2.47 bits per heavy atom. The first-order valence-corrected chi connectivity index (χ1v) is 5.52. The fourth-order valence-electron chi connectivity index (χ4n) is 1.62. The Hall–Kier alpha value is -0.610. The first-order chi connectivity index (χ1) is 6.80. The SMILES string of the molecule is CC(C)(C)C(N)C(=O)NCC1CC(O)C1. The molecule has 0 aromatic rings. The molecule has 4 nitrogen and oxygen atoms in total. The highest BCUT2D eigenvalue weighted by Gasteiger charge is 2.30. The van der Waals surface area contributed by atoms with Crippen LogP contribution in [0.2, 0.25) is 0 Å². The topological polar surface area (TPSA) is 75.4 Å². The van der Waals surface area contributed by atoms with Crippen molar-refractivity contribution in [2.75, 3.05) is 6.54 Å². The second kappa shape index (κ2) is 4.49. The number of amides is 1. The van der Waals surface area contributed by atoms with Gasteiger partial charge in [0.2, 0.25) is 5.91 Å². The van der Waals surface area contributed by atoms with Gasteiger partial charge in [0.1, 0.15) is 0 Å². The molecule has 1 saturated carbocycles. The van der Waals surface area contributed by atoms with Crippen LogP contribution in [0, 0.1) is 11.3 Å². The Kier molecular flexibility index (Phi) is 3.73. The van der Waals surface area contributed by atoms with E-state index in [1.807, 2.05) is 20.8 Å². The Bertz CT molecular complexity index is 229. The number of hydrogen-bond donors (Lipinski definition) is 3. The highest BCUT2D eigenvalue weighted by Crippen LogP contribution is 2.26. The standard InChI is InChI=1S/C11H22N2O2/c1-11(2,3)9(12)10(15)13-6-7-4-8(14)5-7/h7-9,14H,4-6,12H2,1-3H3,(H,13,15). The molecule has 0 heterocycles. The van der Waals surface area contributed by atoms with Gasteiger partial charge in [0.15, 0.2) is 0 Å². The van der Waals surface area contributed by atoms with Gasteiger partial charge in [-0.25, -0.2) is 0 Å². The van der Waals surface area contributed by atoms with Crippen LogP contribution in [0.1, 0.15) is 33.6 Å². The Labute approximate surface area is 91.2 Å². The van der Waals surface area contributed by atoms with Gasteiger partial charge < -0.3 is 16.2 Å². The number of nitrogens with two attached hydrogens (primary N) is 1. The molecule has 0 aliphatic heterocycles. The van der Waals surface area contributed by atoms with Gasteiger partial charge in [-0.2, -0.15) is 0 Å². The van der Waals surface area contributed by atoms with Gasteiger partial charge in [-0.05, 0) is 24.2 Å². The largest absolute Gasteiger partial charge is 0.393 e. The van der Waals surface area contributed by atoms with Crippen LogP contribution in [0.25, 0.3) is 0 Å². The van der Waals surface area contributed by atoms with Crippen LogP contribution < -0.4 is 11.1 Å². The zero-order chi connectivity index (χ0) is 11.6. The van der Waals surface area contributed by atoms with E-state index in [9.17, 15) is 4.79 Å². The summed E-state index contributed by atoms with van der Waals surface area (Å²) < 4.78 is 0. The van der Waals surface area contributed by atoms with Gasteiger partial charge >= 0.3 is 0 Å². The van der Waals surface area contributed by atoms with Gasteiger partial charge in [0.25, 0.3) is 0 Å². The van der Waals surface area contributed by atoms with Gasteiger partial charge in [-0.1, -0.05) is 20.8 Å². The molecule has 1 aliphatic carbocycles. The first kappa shape index (κ1) is 12.5. The number of hydrogen-bond acceptors (Lipinski definition) is 3. The molecule has 0 bridgehead atoms. The van der Waals surface area contributed by atoms with Crippen molar-refractivity contribution in [2.24, 2.45) is 17.1 Å². The minimum absolute atomic E-state index is 0.0936. The molecule has 0 aromatic carbocycles. The smallest absolute Gasteiger partial charge is 0.237 e. The van der Waals surface area contributed by atoms with Crippen molar-refractivity contribution in [2.45, 2.75) is 45.8 Å². The highest BCUT2D eigenvalue weighted by molar-refractivity contribution is 5.82.